The van der Waals surface area contributed by atoms with Crippen molar-refractivity contribution in [1.29, 1.82) is 0 Å². The lowest BCUT2D eigenvalue weighted by Gasteiger charge is -2.36. The smallest absolute Gasteiger partial charge is 0.253 e. The number of anilines is 2. The lowest BCUT2D eigenvalue weighted by Crippen LogP contribution is -2.48. The Balaban J connectivity index is 1.28. The topological polar surface area (TPSA) is 43.9 Å². The molecule has 0 aromatic heterocycles. The molecular formula is C27H26FN3O2. The number of nitrogens with zero attached hydrogens (tertiary/aromatic N) is 3. The van der Waals surface area contributed by atoms with E-state index < -0.39 is 0 Å². The molecule has 0 N–H and O–H groups in total. The lowest BCUT2D eigenvalue weighted by molar-refractivity contribution is -0.119. The molecule has 3 aromatic rings. The van der Waals surface area contributed by atoms with Crippen LogP contribution in [0.4, 0.5) is 15.8 Å². The summed E-state index contributed by atoms with van der Waals surface area (Å²) in [5.41, 5.74) is 4.66. The quantitative estimate of drug-likeness (QED) is 0.605. The summed E-state index contributed by atoms with van der Waals surface area (Å²) in [5, 5.41) is 0. The summed E-state index contributed by atoms with van der Waals surface area (Å²) in [4.78, 5) is 31.7. The van der Waals surface area contributed by atoms with Gasteiger partial charge in [-0.3, -0.25) is 9.59 Å². The van der Waals surface area contributed by atoms with Crippen LogP contribution in [0.15, 0.2) is 72.8 Å². The molecule has 2 amide bonds. The van der Waals surface area contributed by atoms with Crippen LogP contribution in [0, 0.1) is 5.82 Å². The number of piperazine rings is 1. The molecule has 0 aliphatic carbocycles. The van der Waals surface area contributed by atoms with Crippen molar-refractivity contribution in [2.45, 2.75) is 19.4 Å². The molecule has 2 aliphatic heterocycles. The molecule has 0 radical (unpaired) electrons. The molecule has 2 heterocycles. The largest absolute Gasteiger partial charge is 0.368 e. The monoisotopic (exact) mass is 443 g/mol. The second-order valence-electron chi connectivity index (χ2n) is 8.56. The highest BCUT2D eigenvalue weighted by Gasteiger charge is 2.27. The lowest BCUT2D eigenvalue weighted by atomic mass is 9.97. The number of benzene rings is 3. The number of halogens is 1. The van der Waals surface area contributed by atoms with Gasteiger partial charge >= 0.3 is 0 Å². The molecule has 0 saturated carbocycles. The summed E-state index contributed by atoms with van der Waals surface area (Å²) in [6, 6.07) is 22.1. The van der Waals surface area contributed by atoms with Gasteiger partial charge in [-0.1, -0.05) is 30.3 Å². The number of carbonyl (C=O) groups is 2. The fourth-order valence-corrected chi connectivity index (χ4v) is 4.63. The first-order valence-corrected chi connectivity index (χ1v) is 11.4. The van der Waals surface area contributed by atoms with Gasteiger partial charge in [-0.05, 0) is 60.0 Å². The van der Waals surface area contributed by atoms with Crippen molar-refractivity contribution in [3.05, 3.63) is 95.3 Å². The van der Waals surface area contributed by atoms with E-state index in [1.165, 1.54) is 12.1 Å². The first kappa shape index (κ1) is 21.2. The van der Waals surface area contributed by atoms with Crippen molar-refractivity contribution in [2.24, 2.45) is 0 Å². The third-order valence-corrected chi connectivity index (χ3v) is 6.47. The van der Waals surface area contributed by atoms with Crippen LogP contribution < -0.4 is 9.80 Å². The van der Waals surface area contributed by atoms with Crippen molar-refractivity contribution in [2.75, 3.05) is 36.0 Å². The molecule has 0 unspecified atom stereocenters. The second kappa shape index (κ2) is 9.06. The Labute approximate surface area is 193 Å². The van der Waals surface area contributed by atoms with E-state index in [2.05, 4.69) is 4.90 Å². The highest BCUT2D eigenvalue weighted by atomic mass is 19.1. The van der Waals surface area contributed by atoms with Crippen LogP contribution in [0.3, 0.4) is 0 Å². The summed E-state index contributed by atoms with van der Waals surface area (Å²) in [7, 11) is 0. The number of hydrogen-bond donors (Lipinski definition) is 0. The fraction of sp³-hybridized carbons (Fsp3) is 0.259. The van der Waals surface area contributed by atoms with Crippen molar-refractivity contribution in [1.82, 2.24) is 4.90 Å². The van der Waals surface area contributed by atoms with E-state index in [9.17, 15) is 14.0 Å². The standard InChI is InChI=1S/C27H26FN3O2/c28-23-8-10-24(11-9-23)29-14-16-30(17-15-29)27(33)22-6-12-25-21(18-22)7-13-26(32)31(25)19-20-4-2-1-3-5-20/h1-6,8-12,18H,7,13-17,19H2. The molecule has 0 spiro atoms. The molecule has 0 bridgehead atoms. The average Bonchev–Trinajstić information content (AvgIpc) is 2.86. The second-order valence-corrected chi connectivity index (χ2v) is 8.56. The van der Waals surface area contributed by atoms with Crippen molar-refractivity contribution >= 4 is 23.2 Å². The van der Waals surface area contributed by atoms with Gasteiger partial charge < -0.3 is 14.7 Å². The molecule has 33 heavy (non-hydrogen) atoms. The maximum absolute atomic E-state index is 13.2. The molecule has 1 fully saturated rings. The molecule has 1 saturated heterocycles. The zero-order valence-corrected chi connectivity index (χ0v) is 18.4. The third kappa shape index (κ3) is 4.46. The van der Waals surface area contributed by atoms with E-state index in [1.54, 1.807) is 12.1 Å². The van der Waals surface area contributed by atoms with Crippen LogP contribution in [0.2, 0.25) is 0 Å². The Kier molecular flexibility index (Phi) is 5.82. The molecule has 5 rings (SSSR count). The van der Waals surface area contributed by atoms with E-state index in [-0.39, 0.29) is 17.6 Å². The predicted octanol–water partition coefficient (Wildman–Crippen LogP) is 4.27. The highest BCUT2D eigenvalue weighted by molar-refractivity contribution is 5.99. The van der Waals surface area contributed by atoms with E-state index in [4.69, 9.17) is 0 Å². The number of hydrogen-bond acceptors (Lipinski definition) is 3. The zero-order chi connectivity index (χ0) is 22.8. The molecule has 6 heteroatoms. The maximum atomic E-state index is 13.2. The Morgan fingerprint density at radius 2 is 1.58 bits per heavy atom. The first-order valence-electron chi connectivity index (χ1n) is 11.4. The minimum absolute atomic E-state index is 0.0167. The molecular weight excluding hydrogens is 417 g/mol. The van der Waals surface area contributed by atoms with Crippen LogP contribution in [0.25, 0.3) is 0 Å². The maximum Gasteiger partial charge on any atom is 0.253 e. The van der Waals surface area contributed by atoms with Gasteiger partial charge in [0.15, 0.2) is 0 Å². The minimum atomic E-state index is -0.246. The van der Waals surface area contributed by atoms with Gasteiger partial charge in [-0.25, -0.2) is 4.39 Å². The number of amides is 2. The third-order valence-electron chi connectivity index (χ3n) is 6.47. The Hall–Kier alpha value is -3.67. The number of fused-ring (bicyclic) bond motifs is 1. The van der Waals surface area contributed by atoms with E-state index >= 15 is 0 Å². The fourth-order valence-electron chi connectivity index (χ4n) is 4.63. The van der Waals surface area contributed by atoms with Gasteiger partial charge in [-0.15, -0.1) is 0 Å². The van der Waals surface area contributed by atoms with Crippen LogP contribution in [0.1, 0.15) is 27.9 Å². The molecule has 2 aliphatic rings. The highest BCUT2D eigenvalue weighted by Crippen LogP contribution is 2.31. The number of aryl methyl sites for hydroxylation is 1. The van der Waals surface area contributed by atoms with E-state index in [0.29, 0.717) is 51.1 Å². The van der Waals surface area contributed by atoms with Gasteiger partial charge in [0, 0.05) is 49.5 Å². The molecule has 168 valence electrons. The van der Waals surface area contributed by atoms with Gasteiger partial charge in [0.1, 0.15) is 5.82 Å². The van der Waals surface area contributed by atoms with E-state index in [1.807, 2.05) is 58.3 Å². The van der Waals surface area contributed by atoms with Crippen molar-refractivity contribution < 1.29 is 14.0 Å². The zero-order valence-electron chi connectivity index (χ0n) is 18.4. The van der Waals surface area contributed by atoms with Crippen LogP contribution in [0.5, 0.6) is 0 Å². The summed E-state index contributed by atoms with van der Waals surface area (Å²) in [6.07, 6.45) is 1.10. The number of carbonyl (C=O) groups excluding carboxylic acids is 2. The Bertz CT molecular complexity index is 1160. The number of rotatable bonds is 4. The summed E-state index contributed by atoms with van der Waals surface area (Å²) in [5.74, 6) is -0.116. The van der Waals surface area contributed by atoms with E-state index in [0.717, 1.165) is 22.5 Å². The summed E-state index contributed by atoms with van der Waals surface area (Å²) < 4.78 is 13.2. The van der Waals surface area contributed by atoms with Crippen molar-refractivity contribution in [3.63, 3.8) is 0 Å². The Morgan fingerprint density at radius 3 is 2.30 bits per heavy atom. The van der Waals surface area contributed by atoms with Gasteiger partial charge in [-0.2, -0.15) is 0 Å². The predicted molar refractivity (Wildman–Crippen MR) is 127 cm³/mol. The van der Waals surface area contributed by atoms with Gasteiger partial charge in [0.2, 0.25) is 5.91 Å². The summed E-state index contributed by atoms with van der Waals surface area (Å²) >= 11 is 0. The SMILES string of the molecule is O=C(c1ccc2c(c1)CCC(=O)N2Cc1ccccc1)N1CCN(c2ccc(F)cc2)CC1. The average molecular weight is 444 g/mol. The first-order chi connectivity index (χ1) is 16.1. The van der Waals surface area contributed by atoms with Crippen LogP contribution in [-0.4, -0.2) is 42.9 Å². The molecule has 0 atom stereocenters. The Morgan fingerprint density at radius 1 is 0.848 bits per heavy atom. The molecule has 3 aromatic carbocycles. The normalized spacial score (nSPS) is 16.0. The molecule has 5 nitrogen and oxygen atoms in total. The van der Waals surface area contributed by atoms with Gasteiger partial charge in [0.05, 0.1) is 6.54 Å². The van der Waals surface area contributed by atoms with Gasteiger partial charge in [0.25, 0.3) is 5.91 Å². The summed E-state index contributed by atoms with van der Waals surface area (Å²) in [6.45, 7) is 3.19. The van der Waals surface area contributed by atoms with Crippen LogP contribution >= 0.6 is 0 Å². The van der Waals surface area contributed by atoms with Crippen LogP contribution in [-0.2, 0) is 17.8 Å². The minimum Gasteiger partial charge on any atom is -0.368 e. The van der Waals surface area contributed by atoms with Crippen molar-refractivity contribution in [3.8, 4) is 0 Å².